The molecule has 0 radical (unpaired) electrons. The van der Waals surface area contributed by atoms with Crippen molar-refractivity contribution in [2.45, 2.75) is 44.6 Å². The smallest absolute Gasteiger partial charge is 0.0727 e. The minimum Gasteiger partial charge on any atom is -0.548 e. The SMILES string of the molecule is Cc1cc(C)c2c3c1[C@H]1C=CC[C@@H]1CN3[C@H](C(=O)[O-])[C@H]1CC=C[C@H]21. The van der Waals surface area contributed by atoms with Gasteiger partial charge in [-0.2, -0.15) is 0 Å². The molecule has 4 aliphatic rings. The summed E-state index contributed by atoms with van der Waals surface area (Å²) in [6.45, 7) is 5.20. The van der Waals surface area contributed by atoms with Crippen molar-refractivity contribution in [3.05, 3.63) is 52.6 Å². The van der Waals surface area contributed by atoms with Gasteiger partial charge in [-0.3, -0.25) is 0 Å². The molecule has 0 unspecified atom stereocenters. The van der Waals surface area contributed by atoms with Crippen LogP contribution in [0.5, 0.6) is 0 Å². The molecule has 2 aliphatic heterocycles. The summed E-state index contributed by atoms with van der Waals surface area (Å²) in [5, 5.41) is 12.1. The number of rotatable bonds is 1. The Kier molecular flexibility index (Phi) is 2.83. The van der Waals surface area contributed by atoms with Crippen molar-refractivity contribution < 1.29 is 9.90 Å². The van der Waals surface area contributed by atoms with E-state index in [4.69, 9.17) is 0 Å². The number of carbonyl (C=O) groups is 1. The second-order valence-corrected chi connectivity index (χ2v) is 7.91. The molecule has 5 atom stereocenters. The van der Waals surface area contributed by atoms with Crippen molar-refractivity contribution in [3.63, 3.8) is 0 Å². The molecule has 5 rings (SSSR count). The zero-order valence-electron chi connectivity index (χ0n) is 14.2. The Morgan fingerprint density at radius 1 is 1.08 bits per heavy atom. The van der Waals surface area contributed by atoms with E-state index in [2.05, 4.69) is 49.1 Å². The maximum Gasteiger partial charge on any atom is 0.0727 e. The van der Waals surface area contributed by atoms with Gasteiger partial charge in [0.1, 0.15) is 0 Å². The summed E-state index contributed by atoms with van der Waals surface area (Å²) in [7, 11) is 0. The molecule has 2 heterocycles. The fourth-order valence-electron chi connectivity index (χ4n) is 5.81. The van der Waals surface area contributed by atoms with Crippen molar-refractivity contribution in [1.29, 1.82) is 0 Å². The predicted octanol–water partition coefficient (Wildman–Crippen LogP) is 2.57. The lowest BCUT2D eigenvalue weighted by atomic mass is 9.70. The summed E-state index contributed by atoms with van der Waals surface area (Å²) in [6, 6.07) is 1.81. The van der Waals surface area contributed by atoms with E-state index in [1.54, 1.807) is 0 Å². The highest BCUT2D eigenvalue weighted by molar-refractivity contribution is 5.83. The van der Waals surface area contributed by atoms with Crippen LogP contribution in [0, 0.1) is 25.7 Å². The molecular weight excluding hydrogens is 298 g/mol. The van der Waals surface area contributed by atoms with Gasteiger partial charge in [-0.25, -0.2) is 0 Å². The van der Waals surface area contributed by atoms with E-state index in [1.807, 2.05) is 0 Å². The number of hydrogen-bond acceptors (Lipinski definition) is 3. The van der Waals surface area contributed by atoms with E-state index in [1.165, 1.54) is 27.9 Å². The van der Waals surface area contributed by atoms with E-state index in [9.17, 15) is 9.90 Å². The standard InChI is InChI=1S/C21H23NO2/c1-11-9-12(2)18-15-7-4-8-16(15)19(21(23)24)22-10-13-5-3-6-14(13)17(11)20(18)22/h3-4,6-7,9,13-16,19H,5,8,10H2,1-2H3,(H,23,24)/p-1/t13-,14+,15+,16+,19+/m1/s1. The van der Waals surface area contributed by atoms with Crippen molar-refractivity contribution in [2.75, 3.05) is 11.4 Å². The molecule has 1 aromatic rings. The minimum absolute atomic E-state index is 0.114. The molecule has 0 spiro atoms. The highest BCUT2D eigenvalue weighted by atomic mass is 16.4. The summed E-state index contributed by atoms with van der Waals surface area (Å²) in [4.78, 5) is 14.3. The predicted molar refractivity (Wildman–Crippen MR) is 92.0 cm³/mol. The van der Waals surface area contributed by atoms with Crippen molar-refractivity contribution >= 4 is 11.7 Å². The van der Waals surface area contributed by atoms with Gasteiger partial charge in [0.05, 0.1) is 12.0 Å². The number of benzene rings is 1. The molecule has 3 heteroatoms. The van der Waals surface area contributed by atoms with Gasteiger partial charge in [0.25, 0.3) is 0 Å². The van der Waals surface area contributed by atoms with Crippen molar-refractivity contribution in [3.8, 4) is 0 Å². The van der Waals surface area contributed by atoms with E-state index >= 15 is 0 Å². The van der Waals surface area contributed by atoms with Crippen LogP contribution in [-0.2, 0) is 4.79 Å². The fourth-order valence-corrected chi connectivity index (χ4v) is 5.81. The normalized spacial score (nSPS) is 34.9. The molecule has 0 bridgehead atoms. The maximum atomic E-state index is 12.1. The Morgan fingerprint density at radius 3 is 2.50 bits per heavy atom. The average Bonchev–Trinajstić information content (AvgIpc) is 3.17. The Morgan fingerprint density at radius 2 is 1.75 bits per heavy atom. The van der Waals surface area contributed by atoms with E-state index in [0.29, 0.717) is 11.8 Å². The first-order valence-corrected chi connectivity index (χ1v) is 9.02. The van der Waals surface area contributed by atoms with Crippen LogP contribution >= 0.6 is 0 Å². The summed E-state index contributed by atoms with van der Waals surface area (Å²) in [5.41, 5.74) is 6.54. The maximum absolute atomic E-state index is 12.1. The number of fused-ring (bicyclic) bond motifs is 4. The number of carbonyl (C=O) groups excluding carboxylic acids is 1. The molecule has 3 nitrogen and oxygen atoms in total. The lowest BCUT2D eigenvalue weighted by Gasteiger charge is -2.52. The average molecular weight is 320 g/mol. The zero-order valence-corrected chi connectivity index (χ0v) is 14.2. The Balaban J connectivity index is 1.82. The van der Waals surface area contributed by atoms with Crippen molar-refractivity contribution in [1.82, 2.24) is 0 Å². The van der Waals surface area contributed by atoms with Crippen molar-refractivity contribution in [2.24, 2.45) is 11.8 Å². The molecule has 24 heavy (non-hydrogen) atoms. The van der Waals surface area contributed by atoms with Gasteiger partial charge >= 0.3 is 0 Å². The first-order valence-electron chi connectivity index (χ1n) is 9.02. The third-order valence-corrected chi connectivity index (χ3v) is 6.66. The number of carboxylic acid groups (broad SMARTS) is 1. The first-order chi connectivity index (χ1) is 11.6. The highest BCUT2D eigenvalue weighted by Gasteiger charge is 2.48. The molecular formula is C21H22NO2-. The fraction of sp³-hybridized carbons (Fsp3) is 0.476. The van der Waals surface area contributed by atoms with E-state index in [0.717, 1.165) is 19.4 Å². The Bertz CT molecular complexity index is 786. The molecule has 124 valence electrons. The van der Waals surface area contributed by atoms with Crippen LogP contribution in [0.15, 0.2) is 30.4 Å². The Labute approximate surface area is 142 Å². The number of hydrogen-bond donors (Lipinski definition) is 0. The van der Waals surface area contributed by atoms with Crippen LogP contribution in [-0.4, -0.2) is 18.6 Å². The zero-order chi connectivity index (χ0) is 16.6. The Hall–Kier alpha value is -2.03. The first kappa shape index (κ1) is 14.3. The number of allylic oxidation sites excluding steroid dienone is 4. The molecule has 1 aromatic carbocycles. The van der Waals surface area contributed by atoms with E-state index in [-0.39, 0.29) is 11.8 Å². The van der Waals surface area contributed by atoms with Gasteiger partial charge in [0.2, 0.25) is 0 Å². The molecule has 0 fully saturated rings. The molecule has 0 N–H and O–H groups in total. The quantitative estimate of drug-likeness (QED) is 0.747. The molecule has 2 aliphatic carbocycles. The summed E-state index contributed by atoms with van der Waals surface area (Å²) in [6.07, 6.45) is 10.9. The molecule has 0 aromatic heterocycles. The van der Waals surface area contributed by atoms with Gasteiger partial charge in [-0.15, -0.1) is 0 Å². The summed E-state index contributed by atoms with van der Waals surface area (Å²) < 4.78 is 0. The van der Waals surface area contributed by atoms with E-state index < -0.39 is 12.0 Å². The second-order valence-electron chi connectivity index (χ2n) is 7.91. The monoisotopic (exact) mass is 320 g/mol. The topological polar surface area (TPSA) is 43.4 Å². The lowest BCUT2D eigenvalue weighted by molar-refractivity contribution is -0.309. The highest BCUT2D eigenvalue weighted by Crippen LogP contribution is 2.56. The lowest BCUT2D eigenvalue weighted by Crippen LogP contribution is -2.58. The van der Waals surface area contributed by atoms with Crippen LogP contribution < -0.4 is 10.0 Å². The van der Waals surface area contributed by atoms with Crippen LogP contribution in [0.3, 0.4) is 0 Å². The van der Waals surface area contributed by atoms with Gasteiger partial charge in [0, 0.05) is 24.1 Å². The van der Waals surface area contributed by atoms with Gasteiger partial charge in [-0.05, 0) is 60.8 Å². The second kappa shape index (κ2) is 4.75. The molecule has 0 saturated carbocycles. The van der Waals surface area contributed by atoms with Crippen LogP contribution in [0.4, 0.5) is 5.69 Å². The number of carboxylic acids is 1. The summed E-state index contributed by atoms with van der Waals surface area (Å²) >= 11 is 0. The van der Waals surface area contributed by atoms with Gasteiger partial charge < -0.3 is 14.8 Å². The van der Waals surface area contributed by atoms with Gasteiger partial charge in [0.15, 0.2) is 0 Å². The van der Waals surface area contributed by atoms with Crippen LogP contribution in [0.1, 0.15) is 46.9 Å². The molecule has 0 amide bonds. The van der Waals surface area contributed by atoms with Crippen LogP contribution in [0.25, 0.3) is 0 Å². The number of aliphatic carboxylic acids is 1. The molecule has 0 saturated heterocycles. The minimum atomic E-state index is -0.908. The third-order valence-electron chi connectivity index (χ3n) is 6.66. The largest absolute Gasteiger partial charge is 0.548 e. The number of anilines is 1. The van der Waals surface area contributed by atoms with Gasteiger partial charge in [-0.1, -0.05) is 30.4 Å². The van der Waals surface area contributed by atoms with Crippen LogP contribution in [0.2, 0.25) is 0 Å². The number of nitrogens with zero attached hydrogens (tertiary/aromatic N) is 1. The number of aryl methyl sites for hydroxylation is 2. The summed E-state index contributed by atoms with van der Waals surface area (Å²) in [5.74, 6) is 0.372. The third kappa shape index (κ3) is 1.65.